The molecule has 1 aromatic carbocycles. The predicted molar refractivity (Wildman–Crippen MR) is 207 cm³/mol. The van der Waals surface area contributed by atoms with Crippen molar-refractivity contribution >= 4 is 34.8 Å². The van der Waals surface area contributed by atoms with Crippen molar-refractivity contribution in [2.75, 3.05) is 40.9 Å². The molecular formula is C40H61FN6O6S. The number of hydrogen-bond acceptors (Lipinski definition) is 10. The number of alkyl halides is 1. The Morgan fingerprint density at radius 2 is 1.87 bits per heavy atom. The number of halogens is 1. The van der Waals surface area contributed by atoms with Gasteiger partial charge in [0.25, 0.3) is 5.91 Å². The van der Waals surface area contributed by atoms with E-state index in [1.807, 2.05) is 56.5 Å². The summed E-state index contributed by atoms with van der Waals surface area (Å²) in [6.07, 6.45) is 2.85. The van der Waals surface area contributed by atoms with Crippen LogP contribution in [0.25, 0.3) is 0 Å². The number of amides is 3. The fourth-order valence-corrected chi connectivity index (χ4v) is 8.87. The van der Waals surface area contributed by atoms with Crippen molar-refractivity contribution in [3.63, 3.8) is 0 Å². The van der Waals surface area contributed by atoms with Crippen molar-refractivity contribution in [1.82, 2.24) is 25.4 Å². The van der Waals surface area contributed by atoms with E-state index in [1.54, 1.807) is 39.1 Å². The van der Waals surface area contributed by atoms with Crippen LogP contribution in [0.2, 0.25) is 0 Å². The van der Waals surface area contributed by atoms with E-state index < -0.39 is 53.0 Å². The van der Waals surface area contributed by atoms with E-state index in [0.717, 1.165) is 17.0 Å². The van der Waals surface area contributed by atoms with Gasteiger partial charge in [-0.2, -0.15) is 0 Å². The van der Waals surface area contributed by atoms with Crippen LogP contribution in [0.4, 0.5) is 4.39 Å². The molecule has 0 radical (unpaired) electrons. The second-order valence-electron chi connectivity index (χ2n) is 15.4. The fraction of sp³-hybridized carbons (Fsp3) is 0.675. The second kappa shape index (κ2) is 19.0. The highest BCUT2D eigenvalue weighted by molar-refractivity contribution is 7.09. The number of thiazole rings is 1. The second-order valence-corrected chi connectivity index (χ2v) is 16.3. The topological polar surface area (TPSA) is 156 Å². The zero-order valence-corrected chi connectivity index (χ0v) is 34.0. The highest BCUT2D eigenvalue weighted by Crippen LogP contribution is 2.34. The molecule has 3 amide bonds. The summed E-state index contributed by atoms with van der Waals surface area (Å²) in [5.41, 5.74) is 3.36. The van der Waals surface area contributed by atoms with Gasteiger partial charge in [-0.25, -0.2) is 9.37 Å². The van der Waals surface area contributed by atoms with E-state index in [9.17, 15) is 19.2 Å². The third kappa shape index (κ3) is 9.38. The Morgan fingerprint density at radius 1 is 1.17 bits per heavy atom. The molecule has 0 aliphatic carbocycles. The van der Waals surface area contributed by atoms with Crippen molar-refractivity contribution in [2.45, 2.75) is 115 Å². The number of nitrogens with one attached hydrogen (secondary N) is 2. The van der Waals surface area contributed by atoms with Gasteiger partial charge in [0, 0.05) is 52.4 Å². The molecule has 4 rings (SSSR count). The summed E-state index contributed by atoms with van der Waals surface area (Å²) in [6.45, 7) is 9.64. The van der Waals surface area contributed by atoms with Crippen molar-refractivity contribution in [2.24, 2.45) is 23.5 Å². The molecule has 12 nitrogen and oxygen atoms in total. The molecule has 0 saturated carbocycles. The Balaban J connectivity index is 1.52. The number of ketones is 1. The Hall–Kier alpha value is -3.30. The lowest BCUT2D eigenvalue weighted by atomic mass is 9.75. The van der Waals surface area contributed by atoms with Crippen LogP contribution < -0.4 is 16.4 Å². The van der Waals surface area contributed by atoms with Crippen LogP contribution in [0.5, 0.6) is 0 Å². The van der Waals surface area contributed by atoms with Gasteiger partial charge in [0.1, 0.15) is 5.01 Å². The summed E-state index contributed by atoms with van der Waals surface area (Å²) in [6, 6.07) is 8.57. The van der Waals surface area contributed by atoms with Crippen LogP contribution in [-0.2, 0) is 35.1 Å². The van der Waals surface area contributed by atoms with Crippen LogP contribution in [0.1, 0.15) is 83.3 Å². The summed E-state index contributed by atoms with van der Waals surface area (Å²) in [5, 5.41) is 8.78. The first-order chi connectivity index (χ1) is 25.6. The van der Waals surface area contributed by atoms with Gasteiger partial charge in [-0.15, -0.1) is 11.3 Å². The van der Waals surface area contributed by atoms with Gasteiger partial charge in [0.2, 0.25) is 17.6 Å². The van der Waals surface area contributed by atoms with Crippen LogP contribution in [0.15, 0.2) is 41.9 Å². The number of methoxy groups -OCH3 is 2. The SMILES string of the molecule is CCC(C)C(C(CC(=O)N1CCC[C@H]1C(OC)C(C)C(=O)NC(Cc1ccccc1)c1nccs1)OC)N(C)C(=O)C(N)(C(=O)[C@@]1(F)CCNC1)C(C)C. The van der Waals surface area contributed by atoms with Crippen molar-refractivity contribution in [1.29, 1.82) is 0 Å². The molecule has 54 heavy (non-hydrogen) atoms. The number of likely N-dealkylation sites (tertiary alicyclic amines) is 1. The molecule has 2 saturated heterocycles. The van der Waals surface area contributed by atoms with E-state index in [-0.39, 0.29) is 49.2 Å². The highest BCUT2D eigenvalue weighted by Gasteiger charge is 2.57. The number of benzene rings is 1. The number of likely N-dealkylation sites (N-methyl/N-ethyl adjacent to an activating group) is 1. The lowest BCUT2D eigenvalue weighted by Crippen LogP contribution is -2.70. The number of hydrogen-bond donors (Lipinski definition) is 3. The standard InChI is InChI=1S/C40H61FN6O6S/c1-9-26(4)33(46(6)38(51)40(42,25(2)3)37(50)39(41)17-18-43-24-39)31(52-7)23-32(48)47-20-13-16-30(47)34(53-8)27(5)35(49)45-29(36-44-19-21-54-36)22-28-14-11-10-12-15-28/h10-12,14-15,19,21,25-27,29-31,33-34,43H,9,13,16-18,20,22-24,42H2,1-8H3,(H,45,49)/t26?,27?,29?,30-,31?,33?,34?,39+,40?/m0/s1. The molecule has 0 spiro atoms. The minimum absolute atomic E-state index is 0.0572. The minimum Gasteiger partial charge on any atom is -0.379 e. The summed E-state index contributed by atoms with van der Waals surface area (Å²) in [5.74, 6) is -3.48. The maximum atomic E-state index is 15.9. The van der Waals surface area contributed by atoms with Gasteiger partial charge in [-0.1, -0.05) is 71.4 Å². The molecule has 0 bridgehead atoms. The first-order valence-electron chi connectivity index (χ1n) is 19.2. The Labute approximate surface area is 324 Å². The average Bonchev–Trinajstić information content (AvgIpc) is 3.97. The summed E-state index contributed by atoms with van der Waals surface area (Å²) < 4.78 is 27.8. The Morgan fingerprint density at radius 3 is 2.43 bits per heavy atom. The maximum absolute atomic E-state index is 15.9. The number of nitrogens with zero attached hydrogens (tertiary/aromatic N) is 3. The van der Waals surface area contributed by atoms with Gasteiger partial charge < -0.3 is 35.6 Å². The molecule has 4 N–H and O–H groups in total. The lowest BCUT2D eigenvalue weighted by molar-refractivity contribution is -0.156. The minimum atomic E-state index is -2.25. The van der Waals surface area contributed by atoms with Gasteiger partial charge in [0.05, 0.1) is 42.7 Å². The van der Waals surface area contributed by atoms with Gasteiger partial charge in [-0.05, 0) is 43.2 Å². The van der Waals surface area contributed by atoms with Crippen LogP contribution in [0.3, 0.4) is 0 Å². The lowest BCUT2D eigenvalue weighted by Gasteiger charge is -2.44. The molecule has 9 atom stereocenters. The van der Waals surface area contributed by atoms with Crippen molar-refractivity contribution in [3.05, 3.63) is 52.5 Å². The number of nitrogens with two attached hydrogens (primary N) is 1. The monoisotopic (exact) mass is 772 g/mol. The Kier molecular flexibility index (Phi) is 15.3. The zero-order valence-electron chi connectivity index (χ0n) is 33.2. The van der Waals surface area contributed by atoms with E-state index in [0.29, 0.717) is 32.4 Å². The number of aromatic nitrogens is 1. The zero-order chi connectivity index (χ0) is 39.8. The first-order valence-corrected chi connectivity index (χ1v) is 20.1. The molecule has 1 aromatic heterocycles. The molecule has 2 fully saturated rings. The molecule has 2 aliphatic heterocycles. The summed E-state index contributed by atoms with van der Waals surface area (Å²) in [4.78, 5) is 63.9. The van der Waals surface area contributed by atoms with Crippen molar-refractivity contribution < 1.29 is 33.0 Å². The van der Waals surface area contributed by atoms with Crippen LogP contribution in [0, 0.1) is 17.8 Å². The predicted octanol–water partition coefficient (Wildman–Crippen LogP) is 4.09. The number of carbonyl (C=O) groups is 4. The fourth-order valence-electron chi connectivity index (χ4n) is 8.18. The van der Waals surface area contributed by atoms with Crippen LogP contribution >= 0.6 is 11.3 Å². The highest BCUT2D eigenvalue weighted by atomic mass is 32.1. The van der Waals surface area contributed by atoms with E-state index in [2.05, 4.69) is 15.6 Å². The molecule has 3 heterocycles. The summed E-state index contributed by atoms with van der Waals surface area (Å²) >= 11 is 1.49. The average molecular weight is 773 g/mol. The number of ether oxygens (including phenoxy) is 2. The van der Waals surface area contributed by atoms with Gasteiger partial charge in [-0.3, -0.25) is 19.2 Å². The van der Waals surface area contributed by atoms with Crippen molar-refractivity contribution in [3.8, 4) is 0 Å². The molecule has 2 aromatic rings. The molecular weight excluding hydrogens is 712 g/mol. The molecule has 300 valence electrons. The number of carbonyl (C=O) groups excluding carboxylic acids is 4. The smallest absolute Gasteiger partial charge is 0.250 e. The van der Waals surface area contributed by atoms with E-state index in [4.69, 9.17) is 15.2 Å². The molecule has 14 heteroatoms. The Bertz CT molecular complexity index is 1540. The first kappa shape index (κ1) is 43.4. The van der Waals surface area contributed by atoms with Crippen LogP contribution in [-0.4, -0.2) is 115 Å². The maximum Gasteiger partial charge on any atom is 0.250 e. The third-order valence-corrected chi connectivity index (χ3v) is 12.6. The third-order valence-electron chi connectivity index (χ3n) is 11.7. The van der Waals surface area contributed by atoms with Gasteiger partial charge in [0.15, 0.2) is 11.2 Å². The normalized spacial score (nSPS) is 23.2. The summed E-state index contributed by atoms with van der Waals surface area (Å²) in [7, 11) is 4.62. The number of Topliss-reactive ketones (excluding diaryl/α,β-unsaturated/α-hetero) is 1. The largest absolute Gasteiger partial charge is 0.379 e. The number of rotatable bonds is 19. The van der Waals surface area contributed by atoms with E-state index >= 15 is 4.39 Å². The van der Waals surface area contributed by atoms with E-state index in [1.165, 1.54) is 23.3 Å². The molecule has 2 aliphatic rings. The quantitative estimate of drug-likeness (QED) is 0.179. The molecule has 7 unspecified atom stereocenters. The van der Waals surface area contributed by atoms with Gasteiger partial charge >= 0.3 is 0 Å².